The van der Waals surface area contributed by atoms with E-state index in [1.54, 1.807) is 0 Å². The number of nitrogens with zero attached hydrogens (tertiary/aromatic N) is 1. The number of ether oxygens (including phenoxy) is 1. The smallest absolute Gasteiger partial charge is 0.0674 e. The monoisotopic (exact) mass is 262 g/mol. The maximum atomic E-state index is 5.67. The van der Waals surface area contributed by atoms with Gasteiger partial charge >= 0.3 is 0 Å². The Kier molecular flexibility index (Phi) is 5.37. The average Bonchev–Trinajstić information content (AvgIpc) is 2.42. The van der Waals surface area contributed by atoms with Gasteiger partial charge in [0.25, 0.3) is 0 Å². The topological polar surface area (TPSA) is 24.5 Å². The molecule has 1 heterocycles. The summed E-state index contributed by atoms with van der Waals surface area (Å²) in [6.45, 7) is 8.34. The normalized spacial score (nSPS) is 24.6. The molecule has 0 radical (unpaired) electrons. The molecule has 19 heavy (non-hydrogen) atoms. The van der Waals surface area contributed by atoms with Crippen LogP contribution in [0, 0.1) is 0 Å². The van der Waals surface area contributed by atoms with Crippen LogP contribution in [-0.4, -0.2) is 43.8 Å². The Bertz CT molecular complexity index is 377. The minimum absolute atomic E-state index is 0.353. The van der Waals surface area contributed by atoms with E-state index in [1.807, 2.05) is 7.05 Å². The predicted molar refractivity (Wildman–Crippen MR) is 79.4 cm³/mol. The highest BCUT2D eigenvalue weighted by atomic mass is 16.5. The van der Waals surface area contributed by atoms with Crippen LogP contribution in [0.1, 0.15) is 25.0 Å². The Morgan fingerprint density at radius 3 is 2.58 bits per heavy atom. The lowest BCUT2D eigenvalue weighted by atomic mass is 10.1. The van der Waals surface area contributed by atoms with Crippen molar-refractivity contribution in [3.05, 3.63) is 35.4 Å². The molecule has 3 heteroatoms. The van der Waals surface area contributed by atoms with Crippen LogP contribution in [0.4, 0.5) is 0 Å². The Hall–Kier alpha value is -0.900. The largest absolute Gasteiger partial charge is 0.376 e. The number of hydrogen-bond acceptors (Lipinski definition) is 3. The lowest BCUT2D eigenvalue weighted by molar-refractivity contribution is -0.0526. The summed E-state index contributed by atoms with van der Waals surface area (Å²) in [6.07, 6.45) is 1.45. The van der Waals surface area contributed by atoms with Gasteiger partial charge in [-0.1, -0.05) is 24.3 Å². The molecule has 0 bridgehead atoms. The number of morpholine rings is 1. The molecule has 1 aromatic carbocycles. The van der Waals surface area contributed by atoms with Gasteiger partial charge in [-0.05, 0) is 45.0 Å². The predicted octanol–water partition coefficient (Wildman–Crippen LogP) is 2.06. The zero-order valence-corrected chi connectivity index (χ0v) is 12.4. The van der Waals surface area contributed by atoms with Crippen molar-refractivity contribution in [1.82, 2.24) is 10.2 Å². The zero-order valence-electron chi connectivity index (χ0n) is 12.4. The van der Waals surface area contributed by atoms with E-state index in [2.05, 4.69) is 48.3 Å². The van der Waals surface area contributed by atoms with Gasteiger partial charge in [0.1, 0.15) is 0 Å². The van der Waals surface area contributed by atoms with Crippen LogP contribution >= 0.6 is 0 Å². The van der Waals surface area contributed by atoms with E-state index >= 15 is 0 Å². The van der Waals surface area contributed by atoms with Crippen LogP contribution in [0.2, 0.25) is 0 Å². The van der Waals surface area contributed by atoms with Gasteiger partial charge in [0.05, 0.1) is 12.7 Å². The molecule has 0 aliphatic carbocycles. The molecule has 1 N–H and O–H groups in total. The third-order valence-corrected chi connectivity index (χ3v) is 3.81. The van der Waals surface area contributed by atoms with Gasteiger partial charge in [0.2, 0.25) is 0 Å². The van der Waals surface area contributed by atoms with Crippen LogP contribution in [0.25, 0.3) is 0 Å². The first-order chi connectivity index (χ1) is 9.19. The maximum Gasteiger partial charge on any atom is 0.0674 e. The summed E-state index contributed by atoms with van der Waals surface area (Å²) in [7, 11) is 2.00. The van der Waals surface area contributed by atoms with Crippen molar-refractivity contribution in [2.45, 2.75) is 39.0 Å². The first kappa shape index (κ1) is 14.5. The Morgan fingerprint density at radius 2 is 1.89 bits per heavy atom. The molecule has 2 atom stereocenters. The molecule has 0 aromatic heterocycles. The molecule has 0 spiro atoms. The molecular formula is C16H26N2O. The Balaban J connectivity index is 1.91. The van der Waals surface area contributed by atoms with Crippen molar-refractivity contribution in [2.75, 3.05) is 26.7 Å². The molecule has 2 rings (SSSR count). The Labute approximate surface area is 116 Å². The minimum Gasteiger partial charge on any atom is -0.376 e. The van der Waals surface area contributed by atoms with Gasteiger partial charge in [-0.25, -0.2) is 0 Å². The van der Waals surface area contributed by atoms with Gasteiger partial charge in [-0.3, -0.25) is 4.90 Å². The van der Waals surface area contributed by atoms with Gasteiger partial charge in [-0.2, -0.15) is 0 Å². The second-order valence-electron chi connectivity index (χ2n) is 5.59. The third kappa shape index (κ3) is 4.30. The lowest BCUT2D eigenvalue weighted by Crippen LogP contribution is -2.46. The molecule has 2 unspecified atom stereocenters. The Morgan fingerprint density at radius 1 is 1.21 bits per heavy atom. The molecule has 1 fully saturated rings. The zero-order chi connectivity index (χ0) is 13.7. The summed E-state index contributed by atoms with van der Waals surface area (Å²) < 4.78 is 5.67. The van der Waals surface area contributed by atoms with Crippen molar-refractivity contribution >= 4 is 0 Å². The van der Waals surface area contributed by atoms with Crippen LogP contribution in [0.3, 0.4) is 0 Å². The quantitative estimate of drug-likeness (QED) is 0.879. The highest BCUT2D eigenvalue weighted by Crippen LogP contribution is 2.15. The van der Waals surface area contributed by atoms with E-state index in [9.17, 15) is 0 Å². The second-order valence-corrected chi connectivity index (χ2v) is 5.59. The number of benzene rings is 1. The van der Waals surface area contributed by atoms with E-state index in [1.165, 1.54) is 11.1 Å². The molecule has 3 nitrogen and oxygen atoms in total. The third-order valence-electron chi connectivity index (χ3n) is 3.81. The van der Waals surface area contributed by atoms with E-state index in [-0.39, 0.29) is 0 Å². The van der Waals surface area contributed by atoms with Gasteiger partial charge in [0, 0.05) is 19.1 Å². The van der Waals surface area contributed by atoms with Crippen LogP contribution < -0.4 is 5.32 Å². The summed E-state index contributed by atoms with van der Waals surface area (Å²) in [5.41, 5.74) is 2.80. The summed E-state index contributed by atoms with van der Waals surface area (Å²) in [5.74, 6) is 0. The van der Waals surface area contributed by atoms with Crippen molar-refractivity contribution in [3.63, 3.8) is 0 Å². The van der Waals surface area contributed by atoms with Gasteiger partial charge in [0.15, 0.2) is 0 Å². The van der Waals surface area contributed by atoms with Gasteiger partial charge < -0.3 is 10.1 Å². The van der Waals surface area contributed by atoms with E-state index in [0.717, 1.165) is 32.7 Å². The highest BCUT2D eigenvalue weighted by molar-refractivity contribution is 5.22. The molecule has 0 saturated carbocycles. The standard InChI is InChI=1S/C16H26N2O/c1-13-12-19-14(2)10-18(13)11-16-6-4-15(5-7-16)8-9-17-3/h4-7,13-14,17H,8-12H2,1-3H3. The fourth-order valence-electron chi connectivity index (χ4n) is 2.51. The van der Waals surface area contributed by atoms with E-state index in [4.69, 9.17) is 4.74 Å². The molecule has 0 amide bonds. The van der Waals surface area contributed by atoms with E-state index in [0.29, 0.717) is 12.1 Å². The van der Waals surface area contributed by atoms with Crippen LogP contribution in [0.15, 0.2) is 24.3 Å². The van der Waals surface area contributed by atoms with Crippen LogP contribution in [0.5, 0.6) is 0 Å². The first-order valence-electron chi connectivity index (χ1n) is 7.27. The average molecular weight is 262 g/mol. The second kappa shape index (κ2) is 7.04. The number of hydrogen-bond donors (Lipinski definition) is 1. The molecule has 1 aliphatic rings. The summed E-state index contributed by atoms with van der Waals surface area (Å²) in [6, 6.07) is 9.54. The molecule has 1 saturated heterocycles. The van der Waals surface area contributed by atoms with Crippen molar-refractivity contribution in [1.29, 1.82) is 0 Å². The minimum atomic E-state index is 0.353. The van der Waals surface area contributed by atoms with Crippen LogP contribution in [-0.2, 0) is 17.7 Å². The molecule has 106 valence electrons. The first-order valence-corrected chi connectivity index (χ1v) is 7.27. The molecule has 1 aromatic rings. The number of nitrogens with one attached hydrogen (secondary N) is 1. The lowest BCUT2D eigenvalue weighted by Gasteiger charge is -2.36. The fourth-order valence-corrected chi connectivity index (χ4v) is 2.51. The van der Waals surface area contributed by atoms with Gasteiger partial charge in [-0.15, -0.1) is 0 Å². The molecular weight excluding hydrogens is 236 g/mol. The van der Waals surface area contributed by atoms with E-state index < -0.39 is 0 Å². The highest BCUT2D eigenvalue weighted by Gasteiger charge is 2.23. The van der Waals surface area contributed by atoms with Crippen molar-refractivity contribution in [3.8, 4) is 0 Å². The maximum absolute atomic E-state index is 5.67. The SMILES string of the molecule is CNCCc1ccc(CN2CC(C)OCC2C)cc1. The summed E-state index contributed by atoms with van der Waals surface area (Å²) in [4.78, 5) is 2.51. The summed E-state index contributed by atoms with van der Waals surface area (Å²) in [5, 5.41) is 3.19. The van der Waals surface area contributed by atoms with Crippen molar-refractivity contribution in [2.24, 2.45) is 0 Å². The van der Waals surface area contributed by atoms with Crippen molar-refractivity contribution < 1.29 is 4.74 Å². The fraction of sp³-hybridized carbons (Fsp3) is 0.625. The number of rotatable bonds is 5. The summed E-state index contributed by atoms with van der Waals surface area (Å²) >= 11 is 0. The molecule has 1 aliphatic heterocycles. The number of likely N-dealkylation sites (N-methyl/N-ethyl adjacent to an activating group) is 1.